The Hall–Kier alpha value is -2.19. The van der Waals surface area contributed by atoms with Crippen molar-refractivity contribution in [3.8, 4) is 0 Å². The molecule has 0 aliphatic carbocycles. The Bertz CT molecular complexity index is 887. The van der Waals surface area contributed by atoms with E-state index in [1.807, 2.05) is 0 Å². The quantitative estimate of drug-likeness (QED) is 0.713. The summed E-state index contributed by atoms with van der Waals surface area (Å²) in [5.41, 5.74) is 0.594. The number of carbonyl (C=O) groups is 1. The van der Waals surface area contributed by atoms with E-state index in [1.165, 1.54) is 15.4 Å². The van der Waals surface area contributed by atoms with Gasteiger partial charge in [-0.25, -0.2) is 4.39 Å². The van der Waals surface area contributed by atoms with Gasteiger partial charge < -0.3 is 5.32 Å². The second kappa shape index (κ2) is 6.74. The Labute approximate surface area is 150 Å². The van der Waals surface area contributed by atoms with E-state index < -0.39 is 11.7 Å². The summed E-state index contributed by atoms with van der Waals surface area (Å²) in [5.74, 6) is -0.456. The highest BCUT2D eigenvalue weighted by Gasteiger charge is 2.16. The van der Waals surface area contributed by atoms with E-state index in [2.05, 4.69) is 31.4 Å². The zero-order valence-electron chi connectivity index (χ0n) is 12.5. The van der Waals surface area contributed by atoms with Crippen LogP contribution < -0.4 is 5.32 Å². The topological polar surface area (TPSA) is 64.7 Å². The number of aromatic nitrogens is 4. The van der Waals surface area contributed by atoms with Gasteiger partial charge in [0.1, 0.15) is 5.82 Å². The number of anilines is 1. The Morgan fingerprint density at radius 1 is 1.38 bits per heavy atom. The number of amides is 1. The van der Waals surface area contributed by atoms with E-state index in [0.717, 1.165) is 0 Å². The number of aryl methyl sites for hydroxylation is 1. The number of rotatable bonds is 4. The first kappa shape index (κ1) is 16.7. The molecule has 0 atom stereocenters. The molecule has 0 radical (unpaired) electrons. The van der Waals surface area contributed by atoms with Gasteiger partial charge in [0.05, 0.1) is 11.0 Å². The van der Waals surface area contributed by atoms with Crippen LogP contribution in [0.3, 0.4) is 0 Å². The molecule has 1 amide bonds. The van der Waals surface area contributed by atoms with Crippen LogP contribution in [0.1, 0.15) is 16.1 Å². The average molecular weight is 413 g/mol. The van der Waals surface area contributed by atoms with Crippen LogP contribution in [0.25, 0.3) is 0 Å². The molecule has 0 aliphatic heterocycles. The second-order valence-electron chi connectivity index (χ2n) is 5.05. The molecule has 1 aromatic carbocycles. The van der Waals surface area contributed by atoms with Crippen molar-refractivity contribution in [2.24, 2.45) is 7.05 Å². The first-order valence-electron chi connectivity index (χ1n) is 6.91. The van der Waals surface area contributed by atoms with Crippen molar-refractivity contribution in [3.63, 3.8) is 0 Å². The molecule has 0 fully saturated rings. The molecule has 3 aromatic rings. The van der Waals surface area contributed by atoms with Crippen molar-refractivity contribution >= 4 is 39.3 Å². The monoisotopic (exact) mass is 411 g/mol. The Balaban J connectivity index is 1.74. The molecular formula is C15H12BrClFN5O. The minimum atomic E-state index is -0.402. The highest BCUT2D eigenvalue weighted by molar-refractivity contribution is 9.10. The van der Waals surface area contributed by atoms with Gasteiger partial charge in [0, 0.05) is 36.1 Å². The van der Waals surface area contributed by atoms with E-state index in [9.17, 15) is 9.18 Å². The van der Waals surface area contributed by atoms with Crippen LogP contribution in [0.4, 0.5) is 10.2 Å². The molecule has 3 rings (SSSR count). The van der Waals surface area contributed by atoms with Crippen molar-refractivity contribution < 1.29 is 9.18 Å². The van der Waals surface area contributed by atoms with E-state index in [-0.39, 0.29) is 12.2 Å². The van der Waals surface area contributed by atoms with Gasteiger partial charge in [-0.15, -0.1) is 0 Å². The third-order valence-electron chi connectivity index (χ3n) is 3.26. The summed E-state index contributed by atoms with van der Waals surface area (Å²) in [4.78, 5) is 12.2. The highest BCUT2D eigenvalue weighted by atomic mass is 79.9. The SMILES string of the molecule is Cn1cc(Br)c(C(=O)Nc2ccn(Cc3c(F)cccc3Cl)n2)n1. The lowest BCUT2D eigenvalue weighted by molar-refractivity contribution is 0.102. The largest absolute Gasteiger partial charge is 0.304 e. The number of halogens is 3. The predicted molar refractivity (Wildman–Crippen MR) is 91.6 cm³/mol. The minimum absolute atomic E-state index is 0.161. The fraction of sp³-hybridized carbons (Fsp3) is 0.133. The summed E-state index contributed by atoms with van der Waals surface area (Å²) >= 11 is 9.27. The fourth-order valence-electron chi connectivity index (χ4n) is 2.15. The van der Waals surface area contributed by atoms with Gasteiger partial charge in [0.25, 0.3) is 5.91 Å². The van der Waals surface area contributed by atoms with Gasteiger partial charge in [-0.05, 0) is 28.1 Å². The van der Waals surface area contributed by atoms with Crippen LogP contribution in [0.15, 0.2) is 41.1 Å². The first-order valence-corrected chi connectivity index (χ1v) is 8.08. The van der Waals surface area contributed by atoms with Crippen molar-refractivity contribution in [2.75, 3.05) is 5.32 Å². The number of benzene rings is 1. The number of hydrogen-bond acceptors (Lipinski definition) is 3. The van der Waals surface area contributed by atoms with Crippen molar-refractivity contribution in [1.82, 2.24) is 19.6 Å². The normalized spacial score (nSPS) is 10.8. The number of nitrogens with zero attached hydrogens (tertiary/aromatic N) is 4. The van der Waals surface area contributed by atoms with Crippen LogP contribution in [0.2, 0.25) is 5.02 Å². The summed E-state index contributed by atoms with van der Waals surface area (Å²) in [6.07, 6.45) is 3.31. The summed E-state index contributed by atoms with van der Waals surface area (Å²) < 4.78 is 17.4. The van der Waals surface area contributed by atoms with Gasteiger partial charge in [-0.2, -0.15) is 10.2 Å². The van der Waals surface area contributed by atoms with Gasteiger partial charge in [0.15, 0.2) is 11.5 Å². The minimum Gasteiger partial charge on any atom is -0.304 e. The van der Waals surface area contributed by atoms with Gasteiger partial charge in [-0.1, -0.05) is 17.7 Å². The zero-order valence-corrected chi connectivity index (χ0v) is 14.8. The summed E-state index contributed by atoms with van der Waals surface area (Å²) in [6, 6.07) is 6.11. The maximum atomic E-state index is 13.8. The molecule has 1 N–H and O–H groups in total. The van der Waals surface area contributed by atoms with E-state index in [1.54, 1.807) is 37.6 Å². The predicted octanol–water partition coefficient (Wildman–Crippen LogP) is 3.47. The molecule has 0 unspecified atom stereocenters. The molecule has 0 bridgehead atoms. The molecule has 2 aromatic heterocycles. The number of hydrogen-bond donors (Lipinski definition) is 1. The van der Waals surface area contributed by atoms with E-state index in [0.29, 0.717) is 20.9 Å². The van der Waals surface area contributed by atoms with Crippen LogP contribution >= 0.6 is 27.5 Å². The molecule has 24 heavy (non-hydrogen) atoms. The van der Waals surface area contributed by atoms with Gasteiger partial charge in [-0.3, -0.25) is 14.2 Å². The lowest BCUT2D eigenvalue weighted by Gasteiger charge is -2.06. The fourth-order valence-corrected chi connectivity index (χ4v) is 2.93. The summed E-state index contributed by atoms with van der Waals surface area (Å²) in [7, 11) is 1.72. The Morgan fingerprint density at radius 2 is 2.17 bits per heavy atom. The van der Waals surface area contributed by atoms with Crippen LogP contribution in [0, 0.1) is 5.82 Å². The Kier molecular flexibility index (Phi) is 4.68. The maximum absolute atomic E-state index is 13.8. The first-order chi connectivity index (χ1) is 11.4. The van der Waals surface area contributed by atoms with E-state index in [4.69, 9.17) is 11.6 Å². The second-order valence-corrected chi connectivity index (χ2v) is 6.31. The molecule has 6 nitrogen and oxygen atoms in total. The van der Waals surface area contributed by atoms with E-state index >= 15 is 0 Å². The Morgan fingerprint density at radius 3 is 2.83 bits per heavy atom. The van der Waals surface area contributed by atoms with Gasteiger partial charge in [0.2, 0.25) is 0 Å². The standard InChI is InChI=1S/C15H12BrClFN5O/c1-22-8-10(16)14(21-22)15(24)19-13-5-6-23(20-13)7-9-11(17)3-2-4-12(9)18/h2-6,8H,7H2,1H3,(H,19,20,24). The third kappa shape index (κ3) is 3.49. The molecule has 0 saturated carbocycles. The van der Waals surface area contributed by atoms with Crippen LogP contribution in [-0.4, -0.2) is 25.5 Å². The third-order valence-corrected chi connectivity index (χ3v) is 4.20. The lowest BCUT2D eigenvalue weighted by atomic mass is 10.2. The highest BCUT2D eigenvalue weighted by Crippen LogP contribution is 2.20. The molecule has 9 heteroatoms. The molecule has 0 aliphatic rings. The van der Waals surface area contributed by atoms with Crippen LogP contribution in [-0.2, 0) is 13.6 Å². The maximum Gasteiger partial charge on any atom is 0.278 e. The van der Waals surface area contributed by atoms with Crippen molar-refractivity contribution in [2.45, 2.75) is 6.54 Å². The molecule has 124 valence electrons. The smallest absolute Gasteiger partial charge is 0.278 e. The van der Waals surface area contributed by atoms with Gasteiger partial charge >= 0.3 is 0 Å². The number of nitrogens with one attached hydrogen (secondary N) is 1. The van der Waals surface area contributed by atoms with Crippen molar-refractivity contribution in [3.05, 3.63) is 63.2 Å². The van der Waals surface area contributed by atoms with Crippen molar-refractivity contribution in [1.29, 1.82) is 0 Å². The zero-order chi connectivity index (χ0) is 17.3. The lowest BCUT2D eigenvalue weighted by Crippen LogP contribution is -2.14. The summed E-state index contributed by atoms with van der Waals surface area (Å²) in [6.45, 7) is 0.161. The molecule has 2 heterocycles. The molecule has 0 saturated heterocycles. The molecular weight excluding hydrogens is 401 g/mol. The number of carbonyl (C=O) groups excluding carboxylic acids is 1. The average Bonchev–Trinajstić information content (AvgIpc) is 3.09. The summed E-state index contributed by atoms with van der Waals surface area (Å²) in [5, 5.41) is 11.2. The van der Waals surface area contributed by atoms with Crippen LogP contribution in [0.5, 0.6) is 0 Å². The molecule has 0 spiro atoms.